The van der Waals surface area contributed by atoms with Crippen LogP contribution in [0.5, 0.6) is 0 Å². The van der Waals surface area contributed by atoms with E-state index in [0.717, 1.165) is 13.0 Å². The number of aromatic nitrogens is 4. The summed E-state index contributed by atoms with van der Waals surface area (Å²) in [6, 6.07) is 0. The van der Waals surface area contributed by atoms with Crippen molar-refractivity contribution in [1.82, 2.24) is 24.8 Å². The highest BCUT2D eigenvalue weighted by molar-refractivity contribution is 5.93. The van der Waals surface area contributed by atoms with Crippen molar-refractivity contribution >= 4 is 5.91 Å². The van der Waals surface area contributed by atoms with E-state index in [-0.39, 0.29) is 11.8 Å². The maximum Gasteiger partial charge on any atom is 0.257 e. The Morgan fingerprint density at radius 3 is 3.05 bits per heavy atom. The monoisotopic (exact) mass is 275 g/mol. The van der Waals surface area contributed by atoms with Crippen molar-refractivity contribution in [3.8, 4) is 0 Å². The van der Waals surface area contributed by atoms with E-state index in [2.05, 4.69) is 15.2 Å². The second-order valence-corrected chi connectivity index (χ2v) is 5.00. The van der Waals surface area contributed by atoms with Crippen LogP contribution in [0.4, 0.5) is 0 Å². The lowest BCUT2D eigenvalue weighted by molar-refractivity contribution is 0.0789. The van der Waals surface area contributed by atoms with Crippen molar-refractivity contribution < 1.29 is 9.32 Å². The van der Waals surface area contributed by atoms with Gasteiger partial charge in [-0.15, -0.1) is 0 Å². The van der Waals surface area contributed by atoms with Gasteiger partial charge in [0.2, 0.25) is 5.89 Å². The maximum atomic E-state index is 12.4. The Morgan fingerprint density at radius 1 is 1.55 bits per heavy atom. The third kappa shape index (κ3) is 2.31. The molecule has 0 spiro atoms. The van der Waals surface area contributed by atoms with Gasteiger partial charge in [0.05, 0.1) is 17.7 Å². The van der Waals surface area contributed by atoms with Crippen molar-refractivity contribution in [2.24, 2.45) is 0 Å². The van der Waals surface area contributed by atoms with Crippen LogP contribution in [0, 0.1) is 6.92 Å². The van der Waals surface area contributed by atoms with Gasteiger partial charge in [-0.1, -0.05) is 5.16 Å². The van der Waals surface area contributed by atoms with Crippen LogP contribution in [0.3, 0.4) is 0 Å². The van der Waals surface area contributed by atoms with E-state index in [0.29, 0.717) is 30.4 Å². The summed E-state index contributed by atoms with van der Waals surface area (Å²) in [5, 5.41) is 7.94. The molecule has 1 aliphatic rings. The van der Waals surface area contributed by atoms with Gasteiger partial charge < -0.3 is 9.42 Å². The zero-order valence-corrected chi connectivity index (χ0v) is 11.6. The molecule has 1 aliphatic heterocycles. The highest BCUT2D eigenvalue weighted by atomic mass is 16.5. The van der Waals surface area contributed by atoms with Gasteiger partial charge in [-0.2, -0.15) is 10.1 Å². The van der Waals surface area contributed by atoms with Crippen LogP contribution < -0.4 is 0 Å². The second-order valence-electron chi connectivity index (χ2n) is 5.00. The van der Waals surface area contributed by atoms with Crippen LogP contribution in [-0.4, -0.2) is 43.8 Å². The number of rotatable bonds is 3. The number of carbonyl (C=O) groups excluding carboxylic acids is 1. The number of likely N-dealkylation sites (tertiary alicyclic amines) is 1. The van der Waals surface area contributed by atoms with E-state index in [9.17, 15) is 4.79 Å². The summed E-state index contributed by atoms with van der Waals surface area (Å²) in [6.07, 6.45) is 4.26. The first-order chi connectivity index (χ1) is 9.67. The van der Waals surface area contributed by atoms with Crippen LogP contribution in [0.1, 0.15) is 41.3 Å². The molecule has 0 aliphatic carbocycles. The molecule has 7 heteroatoms. The normalized spacial score (nSPS) is 18.7. The Morgan fingerprint density at radius 2 is 2.40 bits per heavy atom. The summed E-state index contributed by atoms with van der Waals surface area (Å²) >= 11 is 0. The molecule has 3 rings (SSSR count). The Labute approximate surface area is 116 Å². The lowest BCUT2D eigenvalue weighted by Crippen LogP contribution is -2.28. The molecule has 0 saturated carbocycles. The molecule has 20 heavy (non-hydrogen) atoms. The molecular weight excluding hydrogens is 258 g/mol. The van der Waals surface area contributed by atoms with Crippen molar-refractivity contribution in [1.29, 1.82) is 0 Å². The van der Waals surface area contributed by atoms with Crippen molar-refractivity contribution in [2.45, 2.75) is 32.7 Å². The first-order valence-corrected chi connectivity index (χ1v) is 6.79. The number of nitrogens with zero attached hydrogens (tertiary/aromatic N) is 5. The van der Waals surface area contributed by atoms with E-state index in [4.69, 9.17) is 4.52 Å². The van der Waals surface area contributed by atoms with Gasteiger partial charge in [0, 0.05) is 25.8 Å². The molecule has 106 valence electrons. The minimum absolute atomic E-state index is 0.0171. The molecule has 2 aromatic rings. The van der Waals surface area contributed by atoms with Crippen LogP contribution in [-0.2, 0) is 6.54 Å². The average molecular weight is 275 g/mol. The molecule has 1 amide bonds. The smallest absolute Gasteiger partial charge is 0.257 e. The zero-order chi connectivity index (χ0) is 14.1. The minimum Gasteiger partial charge on any atom is -0.339 e. The molecule has 3 heterocycles. The van der Waals surface area contributed by atoms with Gasteiger partial charge >= 0.3 is 0 Å². The lowest BCUT2D eigenvalue weighted by Gasteiger charge is -2.14. The molecule has 2 aromatic heterocycles. The van der Waals surface area contributed by atoms with E-state index < -0.39 is 0 Å². The number of amides is 1. The molecule has 0 radical (unpaired) electrons. The van der Waals surface area contributed by atoms with Crippen molar-refractivity contribution in [2.75, 3.05) is 13.1 Å². The minimum atomic E-state index is 0.0171. The Balaban J connectivity index is 1.69. The van der Waals surface area contributed by atoms with Crippen LogP contribution >= 0.6 is 0 Å². The molecule has 1 atom stereocenters. The quantitative estimate of drug-likeness (QED) is 0.841. The standard InChI is InChI=1S/C13H17N5O2/c1-3-18-8-11(6-14-18)13(19)17-5-4-10(7-17)12-15-9(2)16-20-12/h6,8,10H,3-5,7H2,1-2H3/t10-/m0/s1. The SMILES string of the molecule is CCn1cc(C(=O)N2CC[C@H](c3nc(C)no3)C2)cn1. The number of hydrogen-bond acceptors (Lipinski definition) is 5. The van der Waals surface area contributed by atoms with Gasteiger partial charge in [-0.25, -0.2) is 0 Å². The molecule has 7 nitrogen and oxygen atoms in total. The third-order valence-electron chi connectivity index (χ3n) is 3.57. The summed E-state index contributed by atoms with van der Waals surface area (Å²) in [6.45, 7) is 5.88. The average Bonchev–Trinajstić information content (AvgIpc) is 3.17. The van der Waals surface area contributed by atoms with E-state index in [1.165, 1.54) is 0 Å². The van der Waals surface area contributed by atoms with Gasteiger partial charge in [0.1, 0.15) is 0 Å². The lowest BCUT2D eigenvalue weighted by atomic mass is 10.1. The first-order valence-electron chi connectivity index (χ1n) is 6.79. The van der Waals surface area contributed by atoms with Gasteiger partial charge in [-0.05, 0) is 20.3 Å². The summed E-state index contributed by atoms with van der Waals surface area (Å²) in [7, 11) is 0. The van der Waals surface area contributed by atoms with Gasteiger partial charge in [0.15, 0.2) is 5.82 Å². The summed E-state index contributed by atoms with van der Waals surface area (Å²) in [5.74, 6) is 1.42. The molecule has 1 fully saturated rings. The summed E-state index contributed by atoms with van der Waals surface area (Å²) in [5.41, 5.74) is 0.634. The van der Waals surface area contributed by atoms with Crippen LogP contribution in [0.15, 0.2) is 16.9 Å². The number of carbonyl (C=O) groups is 1. The fourth-order valence-corrected chi connectivity index (χ4v) is 2.45. The Bertz CT molecular complexity index is 618. The van der Waals surface area contributed by atoms with Gasteiger partial charge in [-0.3, -0.25) is 9.48 Å². The van der Waals surface area contributed by atoms with E-state index in [1.807, 2.05) is 11.8 Å². The van der Waals surface area contributed by atoms with Crippen LogP contribution in [0.25, 0.3) is 0 Å². The highest BCUT2D eigenvalue weighted by Gasteiger charge is 2.31. The second kappa shape index (κ2) is 5.07. The fourth-order valence-electron chi connectivity index (χ4n) is 2.45. The zero-order valence-electron chi connectivity index (χ0n) is 11.6. The van der Waals surface area contributed by atoms with E-state index >= 15 is 0 Å². The van der Waals surface area contributed by atoms with Crippen LogP contribution in [0.2, 0.25) is 0 Å². The molecular formula is C13H17N5O2. The Hall–Kier alpha value is -2.18. The maximum absolute atomic E-state index is 12.4. The summed E-state index contributed by atoms with van der Waals surface area (Å²) in [4.78, 5) is 18.4. The van der Waals surface area contributed by atoms with Gasteiger partial charge in [0.25, 0.3) is 5.91 Å². The predicted octanol–water partition coefficient (Wildman–Crippen LogP) is 1.22. The third-order valence-corrected chi connectivity index (χ3v) is 3.57. The molecule has 1 saturated heterocycles. The number of aryl methyl sites for hydroxylation is 2. The highest BCUT2D eigenvalue weighted by Crippen LogP contribution is 2.26. The van der Waals surface area contributed by atoms with Crippen molar-refractivity contribution in [3.05, 3.63) is 29.7 Å². The molecule has 0 bridgehead atoms. The number of hydrogen-bond donors (Lipinski definition) is 0. The van der Waals surface area contributed by atoms with Crippen molar-refractivity contribution in [3.63, 3.8) is 0 Å². The molecule has 0 unspecified atom stereocenters. The van der Waals surface area contributed by atoms with E-state index in [1.54, 1.807) is 24.0 Å². The molecule has 0 N–H and O–H groups in total. The first kappa shape index (κ1) is 12.8. The largest absolute Gasteiger partial charge is 0.339 e. The fraction of sp³-hybridized carbons (Fsp3) is 0.538. The summed E-state index contributed by atoms with van der Waals surface area (Å²) < 4.78 is 6.94. The predicted molar refractivity (Wildman–Crippen MR) is 70.2 cm³/mol. The topological polar surface area (TPSA) is 77.0 Å². The Kier molecular flexibility index (Phi) is 3.25. The molecule has 0 aromatic carbocycles.